The fourth-order valence-electron chi connectivity index (χ4n) is 3.55. The van der Waals surface area contributed by atoms with Crippen LogP contribution in [0.1, 0.15) is 124 Å². The van der Waals surface area contributed by atoms with Gasteiger partial charge in [-0.3, -0.25) is 9.69 Å². The Balaban J connectivity index is 4.67. The topological polar surface area (TPSA) is 29.5 Å². The van der Waals surface area contributed by atoms with E-state index >= 15 is 0 Å². The predicted molar refractivity (Wildman–Crippen MR) is 118 cm³/mol. The van der Waals surface area contributed by atoms with E-state index in [1.54, 1.807) is 0 Å². The summed E-state index contributed by atoms with van der Waals surface area (Å²) in [6, 6.07) is -0.0284. The molecule has 0 aliphatic rings. The van der Waals surface area contributed by atoms with Crippen LogP contribution in [0.4, 0.5) is 0 Å². The van der Waals surface area contributed by atoms with Gasteiger partial charge in [0.15, 0.2) is 0 Å². The Hall–Kier alpha value is -0.570. The quantitative estimate of drug-likeness (QED) is 0.165. The Morgan fingerprint density at radius 3 is 1.63 bits per heavy atom. The second-order valence-electron chi connectivity index (χ2n) is 8.04. The third-order valence-electron chi connectivity index (χ3n) is 5.38. The van der Waals surface area contributed by atoms with Gasteiger partial charge in [0.25, 0.3) is 0 Å². The van der Waals surface area contributed by atoms with Crippen LogP contribution in [0, 0.1) is 0 Å². The Kier molecular flexibility index (Phi) is 19.7. The lowest BCUT2D eigenvalue weighted by atomic mass is 10.1. The third kappa shape index (κ3) is 15.1. The number of ether oxygens (including phenoxy) is 1. The molecular weight excluding hydrogens is 334 g/mol. The van der Waals surface area contributed by atoms with Gasteiger partial charge in [-0.2, -0.15) is 0 Å². The average Bonchev–Trinajstić information content (AvgIpc) is 2.67. The molecule has 0 spiro atoms. The summed E-state index contributed by atoms with van der Waals surface area (Å²) in [7, 11) is 0. The highest BCUT2D eigenvalue weighted by Crippen LogP contribution is 2.15. The SMILES string of the molecule is CCCCCCOC(=O)C(CCCC)N(CCCCCC)CCCCCC. The molecule has 0 bridgehead atoms. The number of carbonyl (C=O) groups is 1. The summed E-state index contributed by atoms with van der Waals surface area (Å²) < 4.78 is 5.70. The van der Waals surface area contributed by atoms with Crippen molar-refractivity contribution in [2.24, 2.45) is 0 Å². The van der Waals surface area contributed by atoms with Gasteiger partial charge in [0.05, 0.1) is 6.61 Å². The summed E-state index contributed by atoms with van der Waals surface area (Å²) in [5.74, 6) is 0.0333. The van der Waals surface area contributed by atoms with Crippen molar-refractivity contribution >= 4 is 5.97 Å². The number of esters is 1. The zero-order valence-corrected chi connectivity index (χ0v) is 19.1. The maximum atomic E-state index is 12.8. The summed E-state index contributed by atoms with van der Waals surface area (Å²) in [6.07, 6.45) is 17.9. The molecule has 0 N–H and O–H groups in total. The van der Waals surface area contributed by atoms with Crippen LogP contribution in [0.15, 0.2) is 0 Å². The van der Waals surface area contributed by atoms with Crippen molar-refractivity contribution in [2.75, 3.05) is 19.7 Å². The van der Waals surface area contributed by atoms with E-state index in [-0.39, 0.29) is 12.0 Å². The molecule has 1 atom stereocenters. The Morgan fingerprint density at radius 1 is 0.667 bits per heavy atom. The smallest absolute Gasteiger partial charge is 0.323 e. The van der Waals surface area contributed by atoms with Crippen LogP contribution < -0.4 is 0 Å². The van der Waals surface area contributed by atoms with Gasteiger partial charge in [0, 0.05) is 0 Å². The summed E-state index contributed by atoms with van der Waals surface area (Å²) in [5.41, 5.74) is 0. The van der Waals surface area contributed by atoms with E-state index in [1.165, 1.54) is 70.6 Å². The maximum absolute atomic E-state index is 12.8. The Labute approximate surface area is 170 Å². The molecule has 0 saturated heterocycles. The molecule has 0 aromatic heterocycles. The van der Waals surface area contributed by atoms with Crippen LogP contribution >= 0.6 is 0 Å². The minimum absolute atomic E-state index is 0.0284. The first kappa shape index (κ1) is 26.4. The molecule has 162 valence electrons. The number of nitrogens with zero attached hydrogens (tertiary/aromatic N) is 1. The Morgan fingerprint density at radius 2 is 1.15 bits per heavy atom. The van der Waals surface area contributed by atoms with Crippen molar-refractivity contribution in [1.29, 1.82) is 0 Å². The molecule has 0 saturated carbocycles. The molecule has 0 aliphatic heterocycles. The summed E-state index contributed by atoms with van der Waals surface area (Å²) in [5, 5.41) is 0. The lowest BCUT2D eigenvalue weighted by molar-refractivity contribution is -0.150. The number of hydrogen-bond acceptors (Lipinski definition) is 3. The zero-order chi connectivity index (χ0) is 20.2. The molecule has 3 nitrogen and oxygen atoms in total. The van der Waals surface area contributed by atoms with Crippen molar-refractivity contribution in [1.82, 2.24) is 4.90 Å². The van der Waals surface area contributed by atoms with Gasteiger partial charge in [-0.25, -0.2) is 0 Å². The number of rotatable bonds is 20. The summed E-state index contributed by atoms with van der Waals surface area (Å²) in [4.78, 5) is 15.3. The number of unbranched alkanes of at least 4 members (excludes halogenated alkanes) is 10. The molecule has 3 heteroatoms. The predicted octanol–water partition coefficient (Wildman–Crippen LogP) is 7.13. The highest BCUT2D eigenvalue weighted by atomic mass is 16.5. The van der Waals surface area contributed by atoms with Gasteiger partial charge in [-0.1, -0.05) is 98.3 Å². The van der Waals surface area contributed by atoms with Crippen LogP contribution in [-0.2, 0) is 9.53 Å². The molecule has 0 aromatic rings. The molecule has 1 unspecified atom stereocenters. The first-order valence-electron chi connectivity index (χ1n) is 12.1. The highest BCUT2D eigenvalue weighted by molar-refractivity contribution is 5.75. The second kappa shape index (κ2) is 20.2. The van der Waals surface area contributed by atoms with Gasteiger partial charge in [-0.15, -0.1) is 0 Å². The molecule has 0 fully saturated rings. The first-order valence-corrected chi connectivity index (χ1v) is 12.1. The fraction of sp³-hybridized carbons (Fsp3) is 0.958. The first-order chi connectivity index (χ1) is 13.2. The van der Waals surface area contributed by atoms with Gasteiger partial charge < -0.3 is 4.74 Å². The lowest BCUT2D eigenvalue weighted by Gasteiger charge is -2.30. The van der Waals surface area contributed by atoms with Crippen LogP contribution in [0.2, 0.25) is 0 Å². The molecule has 0 heterocycles. The third-order valence-corrected chi connectivity index (χ3v) is 5.38. The molecule has 0 radical (unpaired) electrons. The van der Waals surface area contributed by atoms with E-state index in [2.05, 4.69) is 32.6 Å². The number of hydrogen-bond donors (Lipinski definition) is 0. The number of carbonyl (C=O) groups excluding carboxylic acids is 1. The standard InChI is InChI=1S/C24H49NO2/c1-5-9-13-16-20-25(21-17-14-10-6-2)23(19-12-8-4)24(26)27-22-18-15-11-7-3/h23H,5-22H2,1-4H3. The maximum Gasteiger partial charge on any atom is 0.323 e. The molecule has 0 aromatic carbocycles. The van der Waals surface area contributed by atoms with Crippen molar-refractivity contribution in [2.45, 2.75) is 130 Å². The molecule has 0 aliphatic carbocycles. The van der Waals surface area contributed by atoms with E-state index in [1.807, 2.05) is 0 Å². The van der Waals surface area contributed by atoms with Crippen LogP contribution in [0.3, 0.4) is 0 Å². The minimum atomic E-state index is -0.0284. The second-order valence-corrected chi connectivity index (χ2v) is 8.04. The Bertz CT molecular complexity index is 308. The molecule has 27 heavy (non-hydrogen) atoms. The van der Waals surface area contributed by atoms with Gasteiger partial charge >= 0.3 is 5.97 Å². The normalized spacial score (nSPS) is 12.5. The van der Waals surface area contributed by atoms with Crippen molar-refractivity contribution < 1.29 is 9.53 Å². The van der Waals surface area contributed by atoms with Crippen molar-refractivity contribution in [3.63, 3.8) is 0 Å². The van der Waals surface area contributed by atoms with Crippen LogP contribution in [0.5, 0.6) is 0 Å². The molecular formula is C24H49NO2. The van der Waals surface area contributed by atoms with E-state index in [9.17, 15) is 4.79 Å². The largest absolute Gasteiger partial charge is 0.465 e. The van der Waals surface area contributed by atoms with Gasteiger partial charge in [-0.05, 0) is 38.8 Å². The zero-order valence-electron chi connectivity index (χ0n) is 19.1. The van der Waals surface area contributed by atoms with Crippen molar-refractivity contribution in [3.8, 4) is 0 Å². The van der Waals surface area contributed by atoms with E-state index in [4.69, 9.17) is 4.74 Å². The molecule has 0 amide bonds. The van der Waals surface area contributed by atoms with Gasteiger partial charge in [0.2, 0.25) is 0 Å². The minimum Gasteiger partial charge on any atom is -0.465 e. The van der Waals surface area contributed by atoms with Crippen LogP contribution in [0.25, 0.3) is 0 Å². The lowest BCUT2D eigenvalue weighted by Crippen LogP contribution is -2.43. The summed E-state index contributed by atoms with van der Waals surface area (Å²) >= 11 is 0. The van der Waals surface area contributed by atoms with E-state index in [0.29, 0.717) is 6.61 Å². The van der Waals surface area contributed by atoms with Gasteiger partial charge in [0.1, 0.15) is 6.04 Å². The van der Waals surface area contributed by atoms with E-state index < -0.39 is 0 Å². The molecule has 0 rings (SSSR count). The van der Waals surface area contributed by atoms with E-state index in [0.717, 1.165) is 38.8 Å². The van der Waals surface area contributed by atoms with Crippen molar-refractivity contribution in [3.05, 3.63) is 0 Å². The fourth-order valence-corrected chi connectivity index (χ4v) is 3.55. The summed E-state index contributed by atoms with van der Waals surface area (Å²) in [6.45, 7) is 11.6. The monoisotopic (exact) mass is 383 g/mol. The highest BCUT2D eigenvalue weighted by Gasteiger charge is 2.26. The average molecular weight is 384 g/mol. The van der Waals surface area contributed by atoms with Crippen LogP contribution in [-0.4, -0.2) is 36.6 Å².